The summed E-state index contributed by atoms with van der Waals surface area (Å²) in [4.78, 5) is 23.0. The van der Waals surface area contributed by atoms with Crippen molar-refractivity contribution in [2.45, 2.75) is 38.6 Å². The number of aromatic nitrogens is 2. The van der Waals surface area contributed by atoms with Gasteiger partial charge >= 0.3 is 6.09 Å². The fourth-order valence-corrected chi connectivity index (χ4v) is 3.44. The molecule has 1 fully saturated rings. The Bertz CT molecular complexity index is 993. The molecule has 152 valence electrons. The summed E-state index contributed by atoms with van der Waals surface area (Å²) in [5, 5.41) is 3.37. The molecule has 2 atom stereocenters. The van der Waals surface area contributed by atoms with Gasteiger partial charge in [0.15, 0.2) is 11.2 Å². The molecule has 8 heteroatoms. The van der Waals surface area contributed by atoms with E-state index in [-0.39, 0.29) is 18.3 Å². The lowest BCUT2D eigenvalue weighted by atomic mass is 9.98. The number of carbonyl (C=O) groups is 1. The number of hydrogen-bond donors (Lipinski definition) is 2. The molecule has 0 saturated carbocycles. The Morgan fingerprint density at radius 2 is 2.03 bits per heavy atom. The fourth-order valence-electron chi connectivity index (χ4n) is 3.44. The molecule has 0 spiro atoms. The van der Waals surface area contributed by atoms with E-state index in [1.165, 1.54) is 0 Å². The number of fused-ring (bicyclic) bond motifs is 1. The van der Waals surface area contributed by atoms with E-state index in [4.69, 9.17) is 14.9 Å². The van der Waals surface area contributed by atoms with E-state index in [9.17, 15) is 4.79 Å². The zero-order valence-corrected chi connectivity index (χ0v) is 16.8. The molecular formula is C21H25N5O3. The van der Waals surface area contributed by atoms with Gasteiger partial charge in [0.2, 0.25) is 5.89 Å². The van der Waals surface area contributed by atoms with Gasteiger partial charge in [-0.25, -0.2) is 9.78 Å². The van der Waals surface area contributed by atoms with Crippen LogP contribution in [-0.4, -0.2) is 45.8 Å². The number of nitrogens with two attached hydrogens (primary N) is 1. The predicted octanol–water partition coefficient (Wildman–Crippen LogP) is 3.06. The van der Waals surface area contributed by atoms with Crippen LogP contribution in [0.15, 0.2) is 47.0 Å². The van der Waals surface area contributed by atoms with Crippen molar-refractivity contribution in [1.29, 1.82) is 0 Å². The Morgan fingerprint density at radius 3 is 2.79 bits per heavy atom. The lowest BCUT2D eigenvalue weighted by Gasteiger charge is -2.38. The molecule has 29 heavy (non-hydrogen) atoms. The summed E-state index contributed by atoms with van der Waals surface area (Å²) in [6, 6.07) is 11.3. The first-order valence-corrected chi connectivity index (χ1v) is 9.60. The third-order valence-corrected chi connectivity index (χ3v) is 4.62. The van der Waals surface area contributed by atoms with Crippen LogP contribution in [0.2, 0.25) is 0 Å². The number of carbonyl (C=O) groups excluding carboxylic acids is 1. The molecule has 1 amide bonds. The smallest absolute Gasteiger partial charge is 0.410 e. The average molecular weight is 395 g/mol. The zero-order chi connectivity index (χ0) is 20.6. The highest BCUT2D eigenvalue weighted by molar-refractivity contribution is 5.73. The third-order valence-electron chi connectivity index (χ3n) is 4.62. The largest absolute Gasteiger partial charge is 0.444 e. The molecule has 1 aliphatic rings. The lowest BCUT2D eigenvalue weighted by Crippen LogP contribution is -2.58. The number of nitrogens with zero attached hydrogens (tertiary/aromatic N) is 3. The van der Waals surface area contributed by atoms with Crippen LogP contribution >= 0.6 is 0 Å². The third kappa shape index (κ3) is 4.23. The maximum absolute atomic E-state index is 12.6. The Balaban J connectivity index is 1.65. The van der Waals surface area contributed by atoms with Crippen LogP contribution in [0, 0.1) is 0 Å². The first-order chi connectivity index (χ1) is 13.8. The molecule has 1 saturated heterocycles. The molecule has 3 heterocycles. The van der Waals surface area contributed by atoms with Gasteiger partial charge < -0.3 is 19.8 Å². The molecule has 0 radical (unpaired) electrons. The van der Waals surface area contributed by atoms with Crippen molar-refractivity contribution in [2.24, 2.45) is 5.73 Å². The quantitative estimate of drug-likeness (QED) is 0.687. The number of rotatable bonds is 2. The van der Waals surface area contributed by atoms with Crippen LogP contribution in [0.5, 0.6) is 0 Å². The molecule has 1 aromatic carbocycles. The molecule has 0 bridgehead atoms. The predicted molar refractivity (Wildman–Crippen MR) is 109 cm³/mol. The van der Waals surface area contributed by atoms with Crippen LogP contribution in [0.25, 0.3) is 22.7 Å². The van der Waals surface area contributed by atoms with Crippen molar-refractivity contribution in [3.8, 4) is 11.5 Å². The van der Waals surface area contributed by atoms with E-state index >= 15 is 0 Å². The van der Waals surface area contributed by atoms with E-state index in [1.807, 2.05) is 57.2 Å². The molecule has 8 nitrogen and oxygen atoms in total. The van der Waals surface area contributed by atoms with Gasteiger partial charge in [-0.05, 0) is 44.5 Å². The van der Waals surface area contributed by atoms with Gasteiger partial charge in [-0.3, -0.25) is 5.32 Å². The second-order valence-electron chi connectivity index (χ2n) is 8.14. The number of nitrogens with one attached hydrogen (secondary N) is 1. The lowest BCUT2D eigenvalue weighted by molar-refractivity contribution is 0.0154. The first-order valence-electron chi connectivity index (χ1n) is 9.60. The summed E-state index contributed by atoms with van der Waals surface area (Å²) in [5.74, 6) is 0.485. The summed E-state index contributed by atoms with van der Waals surface area (Å²) >= 11 is 0. The van der Waals surface area contributed by atoms with Crippen LogP contribution in [0.4, 0.5) is 4.79 Å². The van der Waals surface area contributed by atoms with Gasteiger partial charge in [0.1, 0.15) is 5.60 Å². The van der Waals surface area contributed by atoms with Gasteiger partial charge in [0, 0.05) is 18.3 Å². The standard InChI is InChI=1S/C21H25N5O3/c1-21(2,3)29-20(27)26-11-15(24-17(22)12-26)13-7-4-5-8-14(13)19-25-18-16(28-19)9-6-10-23-18/h4-10,15,17,24H,11-12,22H2,1-3H3. The number of pyridine rings is 1. The van der Waals surface area contributed by atoms with Crippen molar-refractivity contribution < 1.29 is 13.9 Å². The van der Waals surface area contributed by atoms with E-state index < -0.39 is 5.60 Å². The van der Waals surface area contributed by atoms with E-state index in [2.05, 4.69) is 15.3 Å². The Morgan fingerprint density at radius 1 is 1.24 bits per heavy atom. The van der Waals surface area contributed by atoms with E-state index in [1.54, 1.807) is 11.1 Å². The van der Waals surface area contributed by atoms with Crippen molar-refractivity contribution in [3.63, 3.8) is 0 Å². The van der Waals surface area contributed by atoms with Crippen molar-refractivity contribution in [1.82, 2.24) is 20.2 Å². The van der Waals surface area contributed by atoms with Crippen LogP contribution in [0.3, 0.4) is 0 Å². The normalized spacial score (nSPS) is 20.1. The zero-order valence-electron chi connectivity index (χ0n) is 16.8. The van der Waals surface area contributed by atoms with Crippen molar-refractivity contribution >= 4 is 17.3 Å². The minimum absolute atomic E-state index is 0.189. The Kier molecular flexibility index (Phi) is 4.97. The van der Waals surface area contributed by atoms with Gasteiger partial charge in [0.05, 0.1) is 18.8 Å². The average Bonchev–Trinajstić information content (AvgIpc) is 3.10. The molecule has 3 N–H and O–H groups in total. The maximum Gasteiger partial charge on any atom is 0.410 e. The fraction of sp³-hybridized carbons (Fsp3) is 0.381. The Labute approximate surface area is 169 Å². The van der Waals surface area contributed by atoms with Crippen molar-refractivity contribution in [2.75, 3.05) is 13.1 Å². The first kappa shape index (κ1) is 19.4. The van der Waals surface area contributed by atoms with Crippen molar-refractivity contribution in [3.05, 3.63) is 48.2 Å². The maximum atomic E-state index is 12.6. The monoisotopic (exact) mass is 395 g/mol. The van der Waals surface area contributed by atoms with Crippen LogP contribution in [-0.2, 0) is 4.74 Å². The highest BCUT2D eigenvalue weighted by Crippen LogP contribution is 2.31. The van der Waals surface area contributed by atoms with E-state index in [0.717, 1.165) is 11.1 Å². The number of amides is 1. The number of benzene rings is 1. The SMILES string of the molecule is CC(C)(C)OC(=O)N1CC(N)NC(c2ccccc2-c2nc3ncccc3o2)C1. The number of piperazine rings is 1. The summed E-state index contributed by atoms with van der Waals surface area (Å²) < 4.78 is 11.4. The molecule has 2 unspecified atom stereocenters. The Hall–Kier alpha value is -2.97. The minimum Gasteiger partial charge on any atom is -0.444 e. The molecule has 2 aromatic heterocycles. The molecule has 1 aliphatic heterocycles. The van der Waals surface area contributed by atoms with Crippen LogP contribution < -0.4 is 11.1 Å². The second kappa shape index (κ2) is 7.46. The summed E-state index contributed by atoms with van der Waals surface area (Å²) in [6.07, 6.45) is 0.934. The number of oxazole rings is 1. The van der Waals surface area contributed by atoms with Gasteiger partial charge in [-0.1, -0.05) is 18.2 Å². The molecular weight excluding hydrogens is 370 g/mol. The second-order valence-corrected chi connectivity index (χ2v) is 8.14. The highest BCUT2D eigenvalue weighted by Gasteiger charge is 2.32. The summed E-state index contributed by atoms with van der Waals surface area (Å²) in [6.45, 7) is 6.35. The van der Waals surface area contributed by atoms with Crippen LogP contribution in [0.1, 0.15) is 32.4 Å². The number of hydrogen-bond acceptors (Lipinski definition) is 7. The van der Waals surface area contributed by atoms with Gasteiger partial charge in [-0.2, -0.15) is 4.98 Å². The molecule has 0 aliphatic carbocycles. The minimum atomic E-state index is -0.565. The summed E-state index contributed by atoms with van der Waals surface area (Å²) in [5.41, 5.74) is 8.59. The van der Waals surface area contributed by atoms with E-state index in [0.29, 0.717) is 30.2 Å². The number of ether oxygens (including phenoxy) is 1. The molecule has 3 aromatic rings. The molecule has 4 rings (SSSR count). The van der Waals surface area contributed by atoms with Gasteiger partial charge in [0.25, 0.3) is 0 Å². The van der Waals surface area contributed by atoms with Gasteiger partial charge in [-0.15, -0.1) is 0 Å². The topological polar surface area (TPSA) is 107 Å². The summed E-state index contributed by atoms with van der Waals surface area (Å²) in [7, 11) is 0. The highest BCUT2D eigenvalue weighted by atomic mass is 16.6.